The molecule has 1 fully saturated rings. The Labute approximate surface area is 140 Å². The van der Waals surface area contributed by atoms with Gasteiger partial charge in [0.15, 0.2) is 0 Å². The monoisotopic (exact) mass is 334 g/mol. The number of hydrogen-bond acceptors (Lipinski definition) is 5. The number of halogens is 1. The molecule has 2 aromatic rings. The number of furan rings is 1. The van der Waals surface area contributed by atoms with Crippen molar-refractivity contribution < 1.29 is 9.21 Å². The minimum atomic E-state index is -0.0562. The minimum Gasteiger partial charge on any atom is -0.468 e. The van der Waals surface area contributed by atoms with E-state index in [4.69, 9.17) is 16.0 Å². The van der Waals surface area contributed by atoms with Crippen molar-refractivity contribution in [3.63, 3.8) is 0 Å². The van der Waals surface area contributed by atoms with Crippen LogP contribution >= 0.6 is 11.6 Å². The highest BCUT2D eigenvalue weighted by molar-refractivity contribution is 6.30. The fourth-order valence-electron chi connectivity index (χ4n) is 2.56. The summed E-state index contributed by atoms with van der Waals surface area (Å²) in [4.78, 5) is 20.6. The number of pyridine rings is 1. The van der Waals surface area contributed by atoms with Gasteiger partial charge in [0.1, 0.15) is 11.6 Å². The minimum absolute atomic E-state index is 0.0562. The second-order valence-electron chi connectivity index (χ2n) is 5.54. The number of piperazine rings is 1. The maximum absolute atomic E-state index is 12.0. The zero-order chi connectivity index (χ0) is 16.1. The second kappa shape index (κ2) is 7.59. The molecule has 7 heteroatoms. The summed E-state index contributed by atoms with van der Waals surface area (Å²) in [7, 11) is 0. The van der Waals surface area contributed by atoms with Crippen LogP contribution in [0.3, 0.4) is 0 Å². The molecule has 3 rings (SSSR count). The predicted octanol–water partition coefficient (Wildman–Crippen LogP) is 2.08. The Morgan fingerprint density at radius 2 is 2.00 bits per heavy atom. The Morgan fingerprint density at radius 3 is 2.65 bits per heavy atom. The molecule has 0 spiro atoms. The van der Waals surface area contributed by atoms with Gasteiger partial charge in [0.25, 0.3) is 0 Å². The second-order valence-corrected chi connectivity index (χ2v) is 5.98. The van der Waals surface area contributed by atoms with E-state index >= 15 is 0 Å². The number of aromatic nitrogens is 1. The van der Waals surface area contributed by atoms with E-state index in [0.29, 0.717) is 17.4 Å². The lowest BCUT2D eigenvalue weighted by atomic mass is 10.3. The highest BCUT2D eigenvalue weighted by Crippen LogP contribution is 2.11. The van der Waals surface area contributed by atoms with Crippen LogP contribution in [0.25, 0.3) is 0 Å². The van der Waals surface area contributed by atoms with Gasteiger partial charge in [-0.05, 0) is 24.3 Å². The van der Waals surface area contributed by atoms with Gasteiger partial charge in [0.05, 0.1) is 24.4 Å². The summed E-state index contributed by atoms with van der Waals surface area (Å²) in [6, 6.07) is 7.29. The number of amides is 1. The summed E-state index contributed by atoms with van der Waals surface area (Å²) in [6.07, 6.45) is 3.21. The van der Waals surface area contributed by atoms with E-state index in [1.165, 1.54) is 6.20 Å². The average Bonchev–Trinajstić information content (AvgIpc) is 3.04. The molecular weight excluding hydrogens is 316 g/mol. The van der Waals surface area contributed by atoms with E-state index in [1.54, 1.807) is 18.4 Å². The van der Waals surface area contributed by atoms with Crippen LogP contribution in [-0.4, -0.2) is 53.4 Å². The number of carbonyl (C=O) groups excluding carboxylic acids is 1. The lowest BCUT2D eigenvalue weighted by Crippen LogP contribution is -2.48. The molecule has 0 radical (unpaired) electrons. The maximum Gasteiger partial charge on any atom is 0.239 e. The standard InChI is InChI=1S/C16H19ClN4O2/c17-13-3-4-15(18-10-13)19-16(22)12-21-7-5-20(6-8-21)11-14-2-1-9-23-14/h1-4,9-10H,5-8,11-12H2,(H,18,19,22). The van der Waals surface area contributed by atoms with E-state index < -0.39 is 0 Å². The first-order chi connectivity index (χ1) is 11.2. The third-order valence-electron chi connectivity index (χ3n) is 3.79. The summed E-state index contributed by atoms with van der Waals surface area (Å²) >= 11 is 5.77. The molecule has 1 saturated heterocycles. The molecule has 122 valence electrons. The molecule has 0 saturated carbocycles. The highest BCUT2D eigenvalue weighted by atomic mass is 35.5. The van der Waals surface area contributed by atoms with Crippen molar-refractivity contribution in [2.24, 2.45) is 0 Å². The molecular formula is C16H19ClN4O2. The summed E-state index contributed by atoms with van der Waals surface area (Å²) in [5.74, 6) is 1.44. The molecule has 1 amide bonds. The Balaban J connectivity index is 1.41. The normalized spacial score (nSPS) is 16.4. The van der Waals surface area contributed by atoms with E-state index in [0.717, 1.165) is 38.5 Å². The van der Waals surface area contributed by atoms with Gasteiger partial charge in [-0.1, -0.05) is 11.6 Å². The molecule has 0 bridgehead atoms. The van der Waals surface area contributed by atoms with Gasteiger partial charge in [-0.25, -0.2) is 4.98 Å². The number of anilines is 1. The fraction of sp³-hybridized carbons (Fsp3) is 0.375. The Bertz CT molecular complexity index is 622. The van der Waals surface area contributed by atoms with Gasteiger partial charge in [0, 0.05) is 32.4 Å². The summed E-state index contributed by atoms with van der Waals surface area (Å²) in [6.45, 7) is 4.77. The van der Waals surface area contributed by atoms with Gasteiger partial charge >= 0.3 is 0 Å². The van der Waals surface area contributed by atoms with E-state index in [1.807, 2.05) is 12.1 Å². The quantitative estimate of drug-likeness (QED) is 0.907. The van der Waals surface area contributed by atoms with Crippen LogP contribution in [0.2, 0.25) is 5.02 Å². The first-order valence-corrected chi connectivity index (χ1v) is 7.95. The molecule has 1 aliphatic heterocycles. The SMILES string of the molecule is O=C(CN1CCN(Cc2ccco2)CC1)Nc1ccc(Cl)cn1. The fourth-order valence-corrected chi connectivity index (χ4v) is 2.68. The van der Waals surface area contributed by atoms with Crippen molar-refractivity contribution in [2.75, 3.05) is 38.0 Å². The van der Waals surface area contributed by atoms with Crippen molar-refractivity contribution in [1.29, 1.82) is 0 Å². The topological polar surface area (TPSA) is 61.6 Å². The van der Waals surface area contributed by atoms with Crippen LogP contribution in [0.5, 0.6) is 0 Å². The third kappa shape index (κ3) is 4.79. The molecule has 0 unspecified atom stereocenters. The number of nitrogens with zero attached hydrogens (tertiary/aromatic N) is 3. The van der Waals surface area contributed by atoms with Gasteiger partial charge in [-0.15, -0.1) is 0 Å². The number of rotatable bonds is 5. The van der Waals surface area contributed by atoms with Crippen LogP contribution in [0, 0.1) is 0 Å². The Morgan fingerprint density at radius 1 is 1.22 bits per heavy atom. The Hall–Kier alpha value is -1.89. The lowest BCUT2D eigenvalue weighted by molar-refractivity contribution is -0.117. The first-order valence-electron chi connectivity index (χ1n) is 7.57. The number of carbonyl (C=O) groups is 1. The highest BCUT2D eigenvalue weighted by Gasteiger charge is 2.19. The molecule has 1 N–H and O–H groups in total. The lowest BCUT2D eigenvalue weighted by Gasteiger charge is -2.33. The van der Waals surface area contributed by atoms with Crippen molar-refractivity contribution in [2.45, 2.75) is 6.54 Å². The summed E-state index contributed by atoms with van der Waals surface area (Å²) < 4.78 is 5.37. The van der Waals surface area contributed by atoms with Crippen LogP contribution in [0.4, 0.5) is 5.82 Å². The van der Waals surface area contributed by atoms with Crippen molar-refractivity contribution >= 4 is 23.3 Å². The van der Waals surface area contributed by atoms with Crippen molar-refractivity contribution in [3.05, 3.63) is 47.5 Å². The van der Waals surface area contributed by atoms with E-state index in [-0.39, 0.29) is 5.91 Å². The van der Waals surface area contributed by atoms with Crippen LogP contribution in [0.15, 0.2) is 41.1 Å². The van der Waals surface area contributed by atoms with Crippen LogP contribution in [0.1, 0.15) is 5.76 Å². The number of nitrogens with one attached hydrogen (secondary N) is 1. The number of hydrogen-bond donors (Lipinski definition) is 1. The van der Waals surface area contributed by atoms with Gasteiger partial charge in [0.2, 0.25) is 5.91 Å². The molecule has 0 aliphatic carbocycles. The summed E-state index contributed by atoms with van der Waals surface area (Å²) in [5.41, 5.74) is 0. The van der Waals surface area contributed by atoms with Gasteiger partial charge in [-0.3, -0.25) is 14.6 Å². The smallest absolute Gasteiger partial charge is 0.239 e. The molecule has 3 heterocycles. The third-order valence-corrected chi connectivity index (χ3v) is 4.01. The molecule has 2 aromatic heterocycles. The maximum atomic E-state index is 12.0. The molecule has 1 aliphatic rings. The Kier molecular flexibility index (Phi) is 5.27. The summed E-state index contributed by atoms with van der Waals surface area (Å²) in [5, 5.41) is 3.34. The van der Waals surface area contributed by atoms with Crippen LogP contribution < -0.4 is 5.32 Å². The molecule has 0 aromatic carbocycles. The average molecular weight is 335 g/mol. The molecule has 0 atom stereocenters. The first kappa shape index (κ1) is 16.0. The molecule has 6 nitrogen and oxygen atoms in total. The van der Waals surface area contributed by atoms with E-state index in [2.05, 4.69) is 20.1 Å². The largest absolute Gasteiger partial charge is 0.468 e. The zero-order valence-corrected chi connectivity index (χ0v) is 13.5. The van der Waals surface area contributed by atoms with Gasteiger partial charge < -0.3 is 9.73 Å². The zero-order valence-electron chi connectivity index (χ0n) is 12.7. The van der Waals surface area contributed by atoms with Crippen molar-refractivity contribution in [1.82, 2.24) is 14.8 Å². The van der Waals surface area contributed by atoms with Gasteiger partial charge in [-0.2, -0.15) is 0 Å². The van der Waals surface area contributed by atoms with Crippen molar-refractivity contribution in [3.8, 4) is 0 Å². The van der Waals surface area contributed by atoms with E-state index in [9.17, 15) is 4.79 Å². The van der Waals surface area contributed by atoms with Crippen LogP contribution in [-0.2, 0) is 11.3 Å². The molecule has 23 heavy (non-hydrogen) atoms. The predicted molar refractivity (Wildman–Crippen MR) is 88.3 cm³/mol.